The van der Waals surface area contributed by atoms with Gasteiger partial charge in [-0.2, -0.15) is 0 Å². The second-order valence-electron chi connectivity index (χ2n) is 7.57. The summed E-state index contributed by atoms with van der Waals surface area (Å²) in [6.45, 7) is 7.96. The monoisotopic (exact) mass is 394 g/mol. The highest BCUT2D eigenvalue weighted by Crippen LogP contribution is 2.31. The van der Waals surface area contributed by atoms with Crippen molar-refractivity contribution in [2.45, 2.75) is 19.9 Å². The van der Waals surface area contributed by atoms with E-state index in [-0.39, 0.29) is 11.9 Å². The van der Waals surface area contributed by atoms with E-state index < -0.39 is 0 Å². The van der Waals surface area contributed by atoms with E-state index in [1.54, 1.807) is 11.3 Å². The number of rotatable bonds is 4. The lowest BCUT2D eigenvalue weighted by Crippen LogP contribution is -2.51. The second kappa shape index (κ2) is 7.99. The van der Waals surface area contributed by atoms with Gasteiger partial charge in [-0.1, -0.05) is 6.07 Å². The smallest absolute Gasteiger partial charge is 0.241 e. The minimum Gasteiger partial charge on any atom is -0.325 e. The molecule has 1 aromatic heterocycles. The molecule has 0 aliphatic carbocycles. The number of aromatic nitrogens is 1. The molecule has 1 atom stereocenters. The first kappa shape index (κ1) is 19.1. The molecule has 0 radical (unpaired) electrons. The molecule has 0 unspecified atom stereocenters. The van der Waals surface area contributed by atoms with Crippen LogP contribution in [0.25, 0.3) is 20.8 Å². The number of fused-ring (bicyclic) bond motifs is 1. The number of piperazine rings is 1. The summed E-state index contributed by atoms with van der Waals surface area (Å²) in [4.78, 5) is 21.9. The third-order valence-electron chi connectivity index (χ3n) is 5.41. The minimum absolute atomic E-state index is 0.0489. The minimum atomic E-state index is -0.124. The molecule has 4 rings (SSSR count). The molecule has 3 aromatic rings. The van der Waals surface area contributed by atoms with Crippen LogP contribution in [-0.4, -0.2) is 60.0 Å². The second-order valence-corrected chi connectivity index (χ2v) is 8.60. The van der Waals surface area contributed by atoms with E-state index in [0.717, 1.165) is 48.0 Å². The van der Waals surface area contributed by atoms with Crippen molar-refractivity contribution in [3.8, 4) is 10.6 Å². The van der Waals surface area contributed by atoms with Crippen molar-refractivity contribution in [2.24, 2.45) is 0 Å². The van der Waals surface area contributed by atoms with E-state index in [1.165, 1.54) is 10.3 Å². The zero-order valence-corrected chi connectivity index (χ0v) is 17.4. The van der Waals surface area contributed by atoms with E-state index in [1.807, 2.05) is 31.2 Å². The van der Waals surface area contributed by atoms with Gasteiger partial charge in [0.25, 0.3) is 0 Å². The number of hydrogen-bond donors (Lipinski definition) is 1. The van der Waals surface area contributed by atoms with Crippen molar-refractivity contribution in [2.75, 3.05) is 38.5 Å². The molecule has 6 heteroatoms. The molecule has 146 valence electrons. The largest absolute Gasteiger partial charge is 0.325 e. The van der Waals surface area contributed by atoms with Gasteiger partial charge in [0.05, 0.1) is 16.3 Å². The number of likely N-dealkylation sites (N-methyl/N-ethyl adjacent to an activating group) is 1. The number of nitrogens with one attached hydrogen (secondary N) is 1. The fourth-order valence-corrected chi connectivity index (χ4v) is 4.54. The van der Waals surface area contributed by atoms with E-state index >= 15 is 0 Å². The maximum atomic E-state index is 12.6. The Balaban J connectivity index is 1.43. The Hall–Kier alpha value is -2.28. The Morgan fingerprint density at radius 3 is 2.54 bits per heavy atom. The van der Waals surface area contributed by atoms with Crippen LogP contribution in [0.2, 0.25) is 0 Å². The summed E-state index contributed by atoms with van der Waals surface area (Å²) >= 11 is 1.70. The van der Waals surface area contributed by atoms with Crippen LogP contribution in [0.3, 0.4) is 0 Å². The highest BCUT2D eigenvalue weighted by atomic mass is 32.1. The summed E-state index contributed by atoms with van der Waals surface area (Å²) in [5.74, 6) is 0.0489. The van der Waals surface area contributed by atoms with E-state index in [4.69, 9.17) is 4.98 Å². The summed E-state index contributed by atoms with van der Waals surface area (Å²) < 4.78 is 1.20. The van der Waals surface area contributed by atoms with Gasteiger partial charge in [-0.25, -0.2) is 4.98 Å². The van der Waals surface area contributed by atoms with Gasteiger partial charge in [-0.15, -0.1) is 11.3 Å². The van der Waals surface area contributed by atoms with Gasteiger partial charge in [0.15, 0.2) is 0 Å². The fraction of sp³-hybridized carbons (Fsp3) is 0.364. The highest BCUT2D eigenvalue weighted by molar-refractivity contribution is 7.21. The first-order valence-corrected chi connectivity index (χ1v) is 10.5. The van der Waals surface area contributed by atoms with E-state index in [2.05, 4.69) is 47.3 Å². The molecule has 1 aliphatic rings. The van der Waals surface area contributed by atoms with Crippen LogP contribution in [0, 0.1) is 6.92 Å². The van der Waals surface area contributed by atoms with Crippen LogP contribution in [0.15, 0.2) is 42.5 Å². The third-order valence-corrected chi connectivity index (χ3v) is 6.48. The lowest BCUT2D eigenvalue weighted by atomic mass is 10.2. The van der Waals surface area contributed by atoms with Gasteiger partial charge in [-0.3, -0.25) is 9.69 Å². The van der Waals surface area contributed by atoms with Crippen molar-refractivity contribution in [1.82, 2.24) is 14.8 Å². The van der Waals surface area contributed by atoms with Crippen LogP contribution in [0.4, 0.5) is 5.69 Å². The first-order valence-electron chi connectivity index (χ1n) is 9.71. The summed E-state index contributed by atoms with van der Waals surface area (Å²) in [7, 11) is 2.12. The van der Waals surface area contributed by atoms with Gasteiger partial charge in [0.1, 0.15) is 5.01 Å². The molecule has 2 heterocycles. The molecular weight excluding hydrogens is 368 g/mol. The molecule has 1 saturated heterocycles. The van der Waals surface area contributed by atoms with Crippen LogP contribution in [0.5, 0.6) is 0 Å². The number of carbonyl (C=O) groups is 1. The number of aryl methyl sites for hydroxylation is 1. The predicted molar refractivity (Wildman–Crippen MR) is 117 cm³/mol. The number of benzene rings is 2. The van der Waals surface area contributed by atoms with Gasteiger partial charge in [0.2, 0.25) is 5.91 Å². The molecule has 1 fully saturated rings. The Kier molecular flexibility index (Phi) is 5.44. The molecule has 0 bridgehead atoms. The number of nitrogens with zero attached hydrogens (tertiary/aromatic N) is 3. The number of amides is 1. The molecule has 28 heavy (non-hydrogen) atoms. The molecule has 1 N–H and O–H groups in total. The van der Waals surface area contributed by atoms with Crippen molar-refractivity contribution in [3.63, 3.8) is 0 Å². The van der Waals surface area contributed by atoms with Crippen LogP contribution < -0.4 is 5.32 Å². The molecule has 1 amide bonds. The third kappa shape index (κ3) is 4.09. The van der Waals surface area contributed by atoms with Crippen molar-refractivity contribution < 1.29 is 4.79 Å². The average Bonchev–Trinajstić information content (AvgIpc) is 3.11. The Morgan fingerprint density at radius 2 is 1.82 bits per heavy atom. The van der Waals surface area contributed by atoms with Gasteiger partial charge >= 0.3 is 0 Å². The van der Waals surface area contributed by atoms with Gasteiger partial charge in [-0.05, 0) is 62.9 Å². The van der Waals surface area contributed by atoms with Crippen LogP contribution in [-0.2, 0) is 4.79 Å². The van der Waals surface area contributed by atoms with Crippen molar-refractivity contribution in [1.29, 1.82) is 0 Å². The maximum absolute atomic E-state index is 12.6. The number of hydrogen-bond acceptors (Lipinski definition) is 5. The standard InChI is InChI=1S/C22H26N4OS/c1-15-4-9-19-20(14-15)28-22(24-19)17-5-7-18(8-6-17)23-21(27)16(2)26-12-10-25(3)11-13-26/h4-9,14,16H,10-13H2,1-3H3,(H,23,27)/t16-/m1/s1. The molecule has 1 aliphatic heterocycles. The first-order chi connectivity index (χ1) is 13.5. The fourth-order valence-electron chi connectivity index (χ4n) is 3.47. The van der Waals surface area contributed by atoms with Crippen molar-refractivity contribution in [3.05, 3.63) is 48.0 Å². The molecular formula is C22H26N4OS. The summed E-state index contributed by atoms with van der Waals surface area (Å²) in [5.41, 5.74) is 4.18. The Bertz CT molecular complexity index is 974. The van der Waals surface area contributed by atoms with Crippen LogP contribution in [0.1, 0.15) is 12.5 Å². The summed E-state index contributed by atoms with van der Waals surface area (Å²) in [6, 6.07) is 14.2. The molecule has 0 spiro atoms. The summed E-state index contributed by atoms with van der Waals surface area (Å²) in [6.07, 6.45) is 0. The van der Waals surface area contributed by atoms with Crippen molar-refractivity contribution >= 4 is 33.1 Å². The molecule has 0 saturated carbocycles. The number of carbonyl (C=O) groups excluding carboxylic acids is 1. The number of thiazole rings is 1. The van der Waals surface area contributed by atoms with E-state index in [9.17, 15) is 4.79 Å². The number of anilines is 1. The maximum Gasteiger partial charge on any atom is 0.241 e. The quantitative estimate of drug-likeness (QED) is 0.730. The molecule has 2 aromatic carbocycles. The topological polar surface area (TPSA) is 48.5 Å². The van der Waals surface area contributed by atoms with Gasteiger partial charge in [0, 0.05) is 37.4 Å². The zero-order chi connectivity index (χ0) is 19.7. The summed E-state index contributed by atoms with van der Waals surface area (Å²) in [5, 5.41) is 4.06. The normalized spacial score (nSPS) is 17.0. The lowest BCUT2D eigenvalue weighted by molar-refractivity contribution is -0.121. The average molecular weight is 395 g/mol. The van der Waals surface area contributed by atoms with Gasteiger partial charge < -0.3 is 10.2 Å². The predicted octanol–water partition coefficient (Wildman–Crippen LogP) is 3.85. The molecule has 5 nitrogen and oxygen atoms in total. The highest BCUT2D eigenvalue weighted by Gasteiger charge is 2.24. The Morgan fingerprint density at radius 1 is 1.11 bits per heavy atom. The lowest BCUT2D eigenvalue weighted by Gasteiger charge is -2.35. The van der Waals surface area contributed by atoms with E-state index in [0.29, 0.717) is 0 Å². The van der Waals surface area contributed by atoms with Crippen LogP contribution >= 0.6 is 11.3 Å². The Labute approximate surface area is 170 Å². The zero-order valence-electron chi connectivity index (χ0n) is 16.6. The SMILES string of the molecule is Cc1ccc2nc(-c3ccc(NC(=O)[C@@H](C)N4CCN(C)CC4)cc3)sc2c1.